The molecule has 2 rings (SSSR count). The van der Waals surface area contributed by atoms with Crippen LogP contribution in [0.3, 0.4) is 0 Å². The van der Waals surface area contributed by atoms with E-state index in [0.29, 0.717) is 12.0 Å². The van der Waals surface area contributed by atoms with Crippen LogP contribution in [0.2, 0.25) is 0 Å². The van der Waals surface area contributed by atoms with Crippen molar-refractivity contribution in [1.29, 1.82) is 0 Å². The zero-order valence-corrected chi connectivity index (χ0v) is 12.3. The number of nitrogens with one attached hydrogen (secondary N) is 2. The molecule has 1 heterocycles. The average molecular weight is 373 g/mol. The number of imide groups is 1. The standard InChI is InChI=1S/C13H14IN2O3/c1-2-7-13(11(18)15-12(19)16-13)10(17)8-3-5-9(14)6-4-8/h3-6,10,17H,1-2,7H2,(H2,15,16,18,19). The maximum Gasteiger partial charge on any atom is 0.322 e. The lowest BCUT2D eigenvalue weighted by atomic mass is 9.84. The lowest BCUT2D eigenvalue weighted by Gasteiger charge is -2.31. The Labute approximate surface area is 124 Å². The molecule has 2 atom stereocenters. The van der Waals surface area contributed by atoms with Gasteiger partial charge in [0.15, 0.2) is 5.54 Å². The number of benzene rings is 1. The summed E-state index contributed by atoms with van der Waals surface area (Å²) in [5.74, 6) is -0.507. The normalized spacial score (nSPS) is 23.9. The number of aliphatic hydroxyl groups excluding tert-OH is 1. The van der Waals surface area contributed by atoms with Crippen molar-refractivity contribution in [2.75, 3.05) is 0 Å². The molecule has 2 unspecified atom stereocenters. The summed E-state index contributed by atoms with van der Waals surface area (Å²) in [6, 6.07) is 6.59. The Morgan fingerprint density at radius 1 is 1.32 bits per heavy atom. The van der Waals surface area contributed by atoms with E-state index in [2.05, 4.69) is 40.1 Å². The number of halogens is 1. The lowest BCUT2D eigenvalue weighted by Crippen LogP contribution is -2.51. The van der Waals surface area contributed by atoms with Gasteiger partial charge in [-0.25, -0.2) is 4.79 Å². The van der Waals surface area contributed by atoms with Crippen molar-refractivity contribution >= 4 is 34.5 Å². The second-order valence-electron chi connectivity index (χ2n) is 4.44. The molecule has 0 saturated carbocycles. The molecule has 0 spiro atoms. The van der Waals surface area contributed by atoms with Gasteiger partial charge in [-0.3, -0.25) is 10.1 Å². The summed E-state index contributed by atoms with van der Waals surface area (Å²) in [4.78, 5) is 23.4. The predicted molar refractivity (Wildman–Crippen MR) is 78.1 cm³/mol. The Kier molecular flexibility index (Phi) is 4.10. The Morgan fingerprint density at radius 3 is 2.42 bits per heavy atom. The van der Waals surface area contributed by atoms with Crippen molar-refractivity contribution in [3.05, 3.63) is 40.3 Å². The van der Waals surface area contributed by atoms with E-state index in [-0.39, 0.29) is 6.42 Å². The summed E-state index contributed by atoms with van der Waals surface area (Å²) in [6.07, 6.45) is -0.398. The van der Waals surface area contributed by atoms with Gasteiger partial charge in [-0.2, -0.15) is 0 Å². The highest BCUT2D eigenvalue weighted by atomic mass is 127. The van der Waals surface area contributed by atoms with Gasteiger partial charge in [-0.05, 0) is 46.7 Å². The minimum absolute atomic E-state index is 0.276. The topological polar surface area (TPSA) is 78.4 Å². The summed E-state index contributed by atoms with van der Waals surface area (Å²) in [5.41, 5.74) is -0.739. The van der Waals surface area contributed by atoms with E-state index >= 15 is 0 Å². The largest absolute Gasteiger partial charge is 0.385 e. The highest BCUT2D eigenvalue weighted by molar-refractivity contribution is 14.1. The third-order valence-electron chi connectivity index (χ3n) is 3.19. The highest BCUT2D eigenvalue weighted by Crippen LogP contribution is 2.32. The average Bonchev–Trinajstić information content (AvgIpc) is 2.65. The fourth-order valence-electron chi connectivity index (χ4n) is 2.22. The zero-order valence-electron chi connectivity index (χ0n) is 10.1. The number of urea groups is 1. The van der Waals surface area contributed by atoms with E-state index in [1.165, 1.54) is 0 Å². The van der Waals surface area contributed by atoms with Crippen LogP contribution < -0.4 is 10.6 Å². The van der Waals surface area contributed by atoms with Gasteiger partial charge >= 0.3 is 6.03 Å². The number of carbonyl (C=O) groups excluding carboxylic acids is 2. The number of aliphatic hydroxyl groups is 1. The lowest BCUT2D eigenvalue weighted by molar-refractivity contribution is -0.128. The Hall–Kier alpha value is -1.15. The van der Waals surface area contributed by atoms with Gasteiger partial charge in [0.1, 0.15) is 6.10 Å². The minimum Gasteiger partial charge on any atom is -0.385 e. The Bertz CT molecular complexity index is 503. The SMILES string of the molecule is [CH2]CCC1(C(O)c2ccc(I)cc2)NC(=O)NC1=O. The van der Waals surface area contributed by atoms with Gasteiger partial charge in [0, 0.05) is 3.57 Å². The van der Waals surface area contributed by atoms with Gasteiger partial charge < -0.3 is 10.4 Å². The van der Waals surface area contributed by atoms with E-state index in [4.69, 9.17) is 0 Å². The first-order valence-electron chi connectivity index (χ1n) is 5.86. The molecule has 6 heteroatoms. The molecule has 1 aromatic carbocycles. The fourth-order valence-corrected chi connectivity index (χ4v) is 2.58. The van der Waals surface area contributed by atoms with Gasteiger partial charge in [0.05, 0.1) is 0 Å². The van der Waals surface area contributed by atoms with Crippen LogP contribution in [0.15, 0.2) is 24.3 Å². The Balaban J connectivity index is 2.36. The molecule has 19 heavy (non-hydrogen) atoms. The van der Waals surface area contributed by atoms with Crippen molar-refractivity contribution in [2.24, 2.45) is 0 Å². The molecule has 1 aromatic rings. The predicted octanol–water partition coefficient (Wildman–Crippen LogP) is 1.52. The van der Waals surface area contributed by atoms with E-state index in [0.717, 1.165) is 3.57 Å². The maximum atomic E-state index is 12.0. The van der Waals surface area contributed by atoms with E-state index < -0.39 is 23.6 Å². The molecule has 1 saturated heterocycles. The van der Waals surface area contributed by atoms with Crippen LogP contribution in [0.25, 0.3) is 0 Å². The number of carbonyl (C=O) groups is 2. The smallest absolute Gasteiger partial charge is 0.322 e. The van der Waals surface area contributed by atoms with Crippen molar-refractivity contribution in [3.8, 4) is 0 Å². The Morgan fingerprint density at radius 2 is 1.95 bits per heavy atom. The molecule has 0 bridgehead atoms. The van der Waals surface area contributed by atoms with Crippen LogP contribution in [0.1, 0.15) is 24.5 Å². The molecular weight excluding hydrogens is 359 g/mol. The van der Waals surface area contributed by atoms with Crippen molar-refractivity contribution in [3.63, 3.8) is 0 Å². The van der Waals surface area contributed by atoms with Gasteiger partial charge in [0.2, 0.25) is 0 Å². The third-order valence-corrected chi connectivity index (χ3v) is 3.91. The molecule has 1 radical (unpaired) electrons. The van der Waals surface area contributed by atoms with E-state index in [1.807, 2.05) is 12.1 Å². The van der Waals surface area contributed by atoms with Crippen LogP contribution in [0, 0.1) is 10.5 Å². The van der Waals surface area contributed by atoms with Gasteiger partial charge in [-0.1, -0.05) is 25.5 Å². The second kappa shape index (κ2) is 5.46. The molecular formula is C13H14IN2O3. The number of hydrogen-bond donors (Lipinski definition) is 3. The molecule has 1 aliphatic heterocycles. The quantitative estimate of drug-likeness (QED) is 0.553. The summed E-state index contributed by atoms with van der Waals surface area (Å²) in [5, 5.41) is 15.2. The van der Waals surface area contributed by atoms with Crippen LogP contribution in [0.5, 0.6) is 0 Å². The molecule has 3 N–H and O–H groups in total. The van der Waals surface area contributed by atoms with E-state index in [9.17, 15) is 14.7 Å². The number of hydrogen-bond acceptors (Lipinski definition) is 3. The molecule has 5 nitrogen and oxygen atoms in total. The van der Waals surface area contributed by atoms with Gasteiger partial charge in [0.25, 0.3) is 5.91 Å². The summed E-state index contributed by atoms with van der Waals surface area (Å²) in [7, 11) is 0. The summed E-state index contributed by atoms with van der Waals surface area (Å²) < 4.78 is 1.03. The molecule has 0 aromatic heterocycles. The summed E-state index contributed by atoms with van der Waals surface area (Å²) in [6.45, 7) is 3.70. The third kappa shape index (κ3) is 2.59. The van der Waals surface area contributed by atoms with Crippen LogP contribution in [-0.2, 0) is 4.79 Å². The fraction of sp³-hybridized carbons (Fsp3) is 0.308. The highest BCUT2D eigenvalue weighted by Gasteiger charge is 2.51. The molecule has 3 amide bonds. The minimum atomic E-state index is -1.33. The van der Waals surface area contributed by atoms with Crippen molar-refractivity contribution in [1.82, 2.24) is 10.6 Å². The first-order valence-corrected chi connectivity index (χ1v) is 6.94. The molecule has 101 valence electrons. The second-order valence-corrected chi connectivity index (χ2v) is 5.68. The number of amides is 3. The van der Waals surface area contributed by atoms with E-state index in [1.54, 1.807) is 12.1 Å². The molecule has 0 aliphatic carbocycles. The van der Waals surface area contributed by atoms with Crippen LogP contribution in [0.4, 0.5) is 4.79 Å². The first-order chi connectivity index (χ1) is 8.99. The van der Waals surface area contributed by atoms with Crippen LogP contribution >= 0.6 is 22.6 Å². The monoisotopic (exact) mass is 373 g/mol. The molecule has 1 aliphatic rings. The summed E-state index contributed by atoms with van der Waals surface area (Å²) >= 11 is 2.16. The van der Waals surface area contributed by atoms with Crippen LogP contribution in [-0.4, -0.2) is 22.6 Å². The van der Waals surface area contributed by atoms with Gasteiger partial charge in [-0.15, -0.1) is 0 Å². The number of rotatable bonds is 4. The maximum absolute atomic E-state index is 12.0. The molecule has 1 fully saturated rings. The van der Waals surface area contributed by atoms with Crippen molar-refractivity contribution < 1.29 is 14.7 Å². The van der Waals surface area contributed by atoms with Crippen molar-refractivity contribution in [2.45, 2.75) is 24.5 Å². The first kappa shape index (κ1) is 14.3. The zero-order chi connectivity index (χ0) is 14.0.